The minimum atomic E-state index is -0.460. The maximum atomic E-state index is 12.6. The van der Waals surface area contributed by atoms with Gasteiger partial charge in [-0.2, -0.15) is 0 Å². The quantitative estimate of drug-likeness (QED) is 0.502. The number of rotatable bonds is 7. The molecule has 0 bridgehead atoms. The molecule has 0 N–H and O–H groups in total. The van der Waals surface area contributed by atoms with E-state index in [0.29, 0.717) is 18.4 Å². The van der Waals surface area contributed by atoms with Crippen molar-refractivity contribution in [2.24, 2.45) is 23.7 Å². The molecule has 0 aliphatic heterocycles. The fourth-order valence-corrected chi connectivity index (χ4v) is 4.59. The third kappa shape index (κ3) is 6.08. The van der Waals surface area contributed by atoms with Crippen molar-refractivity contribution in [3.05, 3.63) is 12.7 Å². The summed E-state index contributed by atoms with van der Waals surface area (Å²) in [5.41, 5.74) is 0. The highest BCUT2D eigenvalue weighted by Gasteiger charge is 2.35. The lowest BCUT2D eigenvalue weighted by Crippen LogP contribution is -2.38. The summed E-state index contributed by atoms with van der Waals surface area (Å²) in [5.74, 6) is 1.13. The predicted molar refractivity (Wildman–Crippen MR) is 102 cm³/mol. The molecule has 0 spiro atoms. The highest BCUT2D eigenvalue weighted by atomic mass is 16.5. The Balaban J connectivity index is 1.70. The van der Waals surface area contributed by atoms with Crippen LogP contribution in [0.15, 0.2) is 12.7 Å². The molecule has 0 atom stereocenters. The Bertz CT molecular complexity index is 531. The second-order valence-electron chi connectivity index (χ2n) is 7.88. The number of carbonyl (C=O) groups is 3. The van der Waals surface area contributed by atoms with Gasteiger partial charge in [0.15, 0.2) is 0 Å². The van der Waals surface area contributed by atoms with Gasteiger partial charge in [0.2, 0.25) is 5.91 Å². The van der Waals surface area contributed by atoms with Gasteiger partial charge in [-0.05, 0) is 63.2 Å². The molecule has 2 rings (SSSR count). The van der Waals surface area contributed by atoms with Crippen molar-refractivity contribution in [3.8, 4) is 0 Å². The zero-order valence-corrected chi connectivity index (χ0v) is 16.7. The van der Waals surface area contributed by atoms with E-state index in [0.717, 1.165) is 57.4 Å². The number of esters is 2. The van der Waals surface area contributed by atoms with Crippen LogP contribution in [0.25, 0.3) is 0 Å². The number of ether oxygens (including phenoxy) is 2. The summed E-state index contributed by atoms with van der Waals surface area (Å²) in [6.07, 6.45) is 9.21. The maximum Gasteiger partial charge on any atom is 0.330 e. The van der Waals surface area contributed by atoms with Crippen molar-refractivity contribution in [1.82, 2.24) is 4.90 Å². The molecular formula is C21H33NO5. The standard InChI is InChI=1S/C21H33NO5/c1-4-19(23)27-14-13-22(2)20(24)17-9-5-15(6-10-17)16-7-11-18(12-8-16)21(25)26-3/h4,15-18H,1,5-14H2,2-3H3. The van der Waals surface area contributed by atoms with Crippen molar-refractivity contribution in [2.45, 2.75) is 51.4 Å². The molecular weight excluding hydrogens is 346 g/mol. The normalized spacial score (nSPS) is 28.1. The van der Waals surface area contributed by atoms with Crippen LogP contribution in [0.3, 0.4) is 0 Å². The van der Waals surface area contributed by atoms with Crippen LogP contribution in [0.5, 0.6) is 0 Å². The smallest absolute Gasteiger partial charge is 0.330 e. The molecule has 2 fully saturated rings. The van der Waals surface area contributed by atoms with E-state index in [-0.39, 0.29) is 30.3 Å². The monoisotopic (exact) mass is 379 g/mol. The number of likely N-dealkylation sites (N-methyl/N-ethyl adjacent to an activating group) is 1. The van der Waals surface area contributed by atoms with E-state index in [1.165, 1.54) is 7.11 Å². The Kier molecular flexibility index (Phi) is 8.32. The average Bonchev–Trinajstić information content (AvgIpc) is 2.72. The summed E-state index contributed by atoms with van der Waals surface area (Å²) in [4.78, 5) is 37.0. The van der Waals surface area contributed by atoms with E-state index < -0.39 is 5.97 Å². The molecule has 0 aromatic heterocycles. The van der Waals surface area contributed by atoms with Crippen LogP contribution in [0.4, 0.5) is 0 Å². The van der Waals surface area contributed by atoms with Gasteiger partial charge < -0.3 is 14.4 Å². The number of hydrogen-bond donors (Lipinski definition) is 0. The Hall–Kier alpha value is -1.85. The lowest BCUT2D eigenvalue weighted by Gasteiger charge is -2.37. The fourth-order valence-electron chi connectivity index (χ4n) is 4.59. The van der Waals surface area contributed by atoms with Gasteiger partial charge in [-0.3, -0.25) is 9.59 Å². The number of methoxy groups -OCH3 is 1. The van der Waals surface area contributed by atoms with E-state index in [4.69, 9.17) is 9.47 Å². The minimum Gasteiger partial charge on any atom is -0.469 e. The van der Waals surface area contributed by atoms with E-state index in [9.17, 15) is 14.4 Å². The highest BCUT2D eigenvalue weighted by molar-refractivity contribution is 5.81. The predicted octanol–water partition coefficient (Wildman–Crippen LogP) is 2.96. The molecule has 152 valence electrons. The molecule has 0 saturated heterocycles. The molecule has 0 radical (unpaired) electrons. The topological polar surface area (TPSA) is 72.9 Å². The van der Waals surface area contributed by atoms with Gasteiger partial charge in [0.05, 0.1) is 19.6 Å². The van der Waals surface area contributed by atoms with Gasteiger partial charge in [-0.15, -0.1) is 0 Å². The Morgan fingerprint density at radius 1 is 0.963 bits per heavy atom. The second kappa shape index (κ2) is 10.5. The van der Waals surface area contributed by atoms with Crippen molar-refractivity contribution in [2.75, 3.05) is 27.3 Å². The number of carbonyl (C=O) groups excluding carboxylic acids is 3. The minimum absolute atomic E-state index is 0.0652. The number of nitrogens with zero attached hydrogens (tertiary/aromatic N) is 1. The van der Waals surface area contributed by atoms with E-state index in [2.05, 4.69) is 6.58 Å². The van der Waals surface area contributed by atoms with Crippen LogP contribution in [-0.4, -0.2) is 50.1 Å². The first-order valence-corrected chi connectivity index (χ1v) is 10.1. The van der Waals surface area contributed by atoms with Crippen LogP contribution in [0.2, 0.25) is 0 Å². The third-order valence-electron chi connectivity index (χ3n) is 6.31. The SMILES string of the molecule is C=CC(=O)OCCN(C)C(=O)C1CCC(C2CCC(C(=O)OC)CC2)CC1. The number of amides is 1. The summed E-state index contributed by atoms with van der Waals surface area (Å²) in [6.45, 7) is 3.96. The molecule has 27 heavy (non-hydrogen) atoms. The lowest BCUT2D eigenvalue weighted by molar-refractivity contribution is -0.147. The third-order valence-corrected chi connectivity index (χ3v) is 6.31. The lowest BCUT2D eigenvalue weighted by atomic mass is 9.69. The summed E-state index contributed by atoms with van der Waals surface area (Å²) < 4.78 is 9.81. The molecule has 2 aliphatic carbocycles. The molecule has 2 aliphatic rings. The Labute approximate surface area is 162 Å². The molecule has 0 aromatic rings. The first-order chi connectivity index (χ1) is 13.0. The summed E-state index contributed by atoms with van der Waals surface area (Å²) in [5, 5.41) is 0. The zero-order valence-electron chi connectivity index (χ0n) is 16.7. The van der Waals surface area contributed by atoms with Crippen molar-refractivity contribution >= 4 is 17.8 Å². The summed E-state index contributed by atoms with van der Waals surface area (Å²) in [7, 11) is 3.23. The van der Waals surface area contributed by atoms with Crippen LogP contribution < -0.4 is 0 Å². The van der Waals surface area contributed by atoms with Gasteiger partial charge >= 0.3 is 11.9 Å². The highest BCUT2D eigenvalue weighted by Crippen LogP contribution is 2.41. The first-order valence-electron chi connectivity index (χ1n) is 10.1. The van der Waals surface area contributed by atoms with Crippen molar-refractivity contribution in [1.29, 1.82) is 0 Å². The van der Waals surface area contributed by atoms with Crippen LogP contribution in [0, 0.1) is 23.7 Å². The first kappa shape index (κ1) is 21.5. The van der Waals surface area contributed by atoms with Gasteiger partial charge in [0, 0.05) is 19.0 Å². The van der Waals surface area contributed by atoms with Gasteiger partial charge in [-0.25, -0.2) is 4.79 Å². The Morgan fingerprint density at radius 3 is 1.96 bits per heavy atom. The molecule has 0 heterocycles. The van der Waals surface area contributed by atoms with Gasteiger partial charge in [-0.1, -0.05) is 6.58 Å². The largest absolute Gasteiger partial charge is 0.469 e. The maximum absolute atomic E-state index is 12.6. The van der Waals surface area contributed by atoms with Gasteiger partial charge in [0.1, 0.15) is 6.61 Å². The molecule has 0 unspecified atom stereocenters. The van der Waals surface area contributed by atoms with Crippen LogP contribution in [0.1, 0.15) is 51.4 Å². The number of hydrogen-bond acceptors (Lipinski definition) is 5. The zero-order chi connectivity index (χ0) is 19.8. The molecule has 6 nitrogen and oxygen atoms in total. The molecule has 6 heteroatoms. The molecule has 1 amide bonds. The van der Waals surface area contributed by atoms with Crippen LogP contribution in [-0.2, 0) is 23.9 Å². The Morgan fingerprint density at radius 2 is 1.48 bits per heavy atom. The van der Waals surface area contributed by atoms with E-state index in [1.807, 2.05) is 0 Å². The summed E-state index contributed by atoms with van der Waals surface area (Å²) >= 11 is 0. The fraction of sp³-hybridized carbons (Fsp3) is 0.762. The second-order valence-corrected chi connectivity index (χ2v) is 7.88. The van der Waals surface area contributed by atoms with E-state index >= 15 is 0 Å². The average molecular weight is 379 g/mol. The van der Waals surface area contributed by atoms with Crippen molar-refractivity contribution < 1.29 is 23.9 Å². The van der Waals surface area contributed by atoms with Crippen molar-refractivity contribution in [3.63, 3.8) is 0 Å². The van der Waals surface area contributed by atoms with E-state index in [1.54, 1.807) is 11.9 Å². The molecule has 2 saturated carbocycles. The van der Waals surface area contributed by atoms with Crippen LogP contribution >= 0.6 is 0 Å². The molecule has 0 aromatic carbocycles. The summed E-state index contributed by atoms with van der Waals surface area (Å²) in [6, 6.07) is 0. The van der Waals surface area contributed by atoms with Gasteiger partial charge in [0.25, 0.3) is 0 Å².